The summed E-state index contributed by atoms with van der Waals surface area (Å²) in [7, 11) is 0. The minimum Gasteiger partial charge on any atom is -0.371 e. The summed E-state index contributed by atoms with van der Waals surface area (Å²) >= 11 is 0. The number of carbonyl (C=O) groups is 2. The molecule has 1 unspecified atom stereocenters. The fourth-order valence-electron chi connectivity index (χ4n) is 4.54. The Hall–Kier alpha value is -2.86. The second-order valence-electron chi connectivity index (χ2n) is 9.06. The summed E-state index contributed by atoms with van der Waals surface area (Å²) in [6, 6.07) is 18.6. The first-order valence-corrected chi connectivity index (χ1v) is 11.7. The summed E-state index contributed by atoms with van der Waals surface area (Å²) in [6.45, 7) is 8.10. The van der Waals surface area contributed by atoms with Crippen LogP contribution in [0.1, 0.15) is 17.5 Å². The van der Waals surface area contributed by atoms with Gasteiger partial charge in [0, 0.05) is 51.5 Å². The second kappa shape index (κ2) is 10.6. The normalized spacial score (nSPS) is 19.2. The molecule has 0 radical (unpaired) electrons. The van der Waals surface area contributed by atoms with Crippen molar-refractivity contribution in [1.29, 1.82) is 0 Å². The smallest absolute Gasteiger partial charge is 0.234 e. The van der Waals surface area contributed by atoms with E-state index in [4.69, 9.17) is 0 Å². The van der Waals surface area contributed by atoms with Crippen LogP contribution in [0.25, 0.3) is 0 Å². The monoisotopic (exact) mass is 434 g/mol. The summed E-state index contributed by atoms with van der Waals surface area (Å²) < 4.78 is 0. The maximum atomic E-state index is 12.6. The zero-order valence-electron chi connectivity index (χ0n) is 19.0. The third-order valence-electron chi connectivity index (χ3n) is 6.56. The minimum absolute atomic E-state index is 0.0857. The average Bonchev–Trinajstić information content (AvgIpc) is 3.29. The van der Waals surface area contributed by atoms with Crippen molar-refractivity contribution in [2.75, 3.05) is 57.3 Å². The molecule has 2 heterocycles. The topological polar surface area (TPSA) is 55.9 Å². The van der Waals surface area contributed by atoms with Gasteiger partial charge in [-0.2, -0.15) is 0 Å². The van der Waals surface area contributed by atoms with Crippen molar-refractivity contribution in [2.45, 2.75) is 19.8 Å². The SMILES string of the molecule is Cc1ccc(CC(=O)N2CCN(CC(=O)NCC3CCN(c4ccccc4)C3)CC2)cc1. The van der Waals surface area contributed by atoms with Crippen molar-refractivity contribution in [3.05, 3.63) is 65.7 Å². The van der Waals surface area contributed by atoms with E-state index in [2.05, 4.69) is 39.4 Å². The summed E-state index contributed by atoms with van der Waals surface area (Å²) in [5, 5.41) is 3.13. The lowest BCUT2D eigenvalue weighted by Gasteiger charge is -2.34. The number of aryl methyl sites for hydroxylation is 1. The molecule has 2 aromatic rings. The highest BCUT2D eigenvalue weighted by atomic mass is 16.2. The number of hydrogen-bond donors (Lipinski definition) is 1. The zero-order valence-corrected chi connectivity index (χ0v) is 19.0. The van der Waals surface area contributed by atoms with E-state index in [1.54, 1.807) is 0 Å². The molecule has 1 atom stereocenters. The Balaban J connectivity index is 1.13. The number of hydrogen-bond acceptors (Lipinski definition) is 4. The van der Waals surface area contributed by atoms with Crippen molar-refractivity contribution in [3.63, 3.8) is 0 Å². The first-order valence-electron chi connectivity index (χ1n) is 11.7. The minimum atomic E-state index is 0.0857. The number of amides is 2. The number of nitrogens with zero attached hydrogens (tertiary/aromatic N) is 3. The predicted octanol–water partition coefficient (Wildman–Crippen LogP) is 2.32. The van der Waals surface area contributed by atoms with Crippen molar-refractivity contribution in [2.24, 2.45) is 5.92 Å². The molecule has 32 heavy (non-hydrogen) atoms. The second-order valence-corrected chi connectivity index (χ2v) is 9.06. The molecule has 2 saturated heterocycles. The van der Waals surface area contributed by atoms with Gasteiger partial charge >= 0.3 is 0 Å². The third kappa shape index (κ3) is 6.10. The van der Waals surface area contributed by atoms with E-state index in [1.165, 1.54) is 11.3 Å². The standard InChI is InChI=1S/C26H34N4O2/c1-21-7-9-22(10-8-21)17-26(32)29-15-13-28(14-16-29)20-25(31)27-18-23-11-12-30(19-23)24-5-3-2-4-6-24/h2-10,23H,11-20H2,1H3,(H,27,31). The first kappa shape index (κ1) is 22.3. The number of carbonyl (C=O) groups excluding carboxylic acids is 2. The van der Waals surface area contributed by atoms with E-state index in [1.807, 2.05) is 42.2 Å². The third-order valence-corrected chi connectivity index (χ3v) is 6.56. The molecule has 0 aromatic heterocycles. The van der Waals surface area contributed by atoms with Gasteiger partial charge in [-0.05, 0) is 37.0 Å². The van der Waals surface area contributed by atoms with Crippen molar-refractivity contribution in [1.82, 2.24) is 15.1 Å². The van der Waals surface area contributed by atoms with Crippen molar-refractivity contribution < 1.29 is 9.59 Å². The molecular formula is C26H34N4O2. The molecule has 170 valence electrons. The van der Waals surface area contributed by atoms with Gasteiger partial charge in [0.1, 0.15) is 0 Å². The van der Waals surface area contributed by atoms with Crippen molar-refractivity contribution in [3.8, 4) is 0 Å². The summed E-state index contributed by atoms with van der Waals surface area (Å²) in [5.74, 6) is 0.750. The van der Waals surface area contributed by atoms with E-state index in [0.29, 0.717) is 32.0 Å². The maximum absolute atomic E-state index is 12.6. The molecule has 0 bridgehead atoms. The molecule has 0 saturated carbocycles. The van der Waals surface area contributed by atoms with Crippen molar-refractivity contribution >= 4 is 17.5 Å². The van der Waals surface area contributed by atoms with Gasteiger partial charge in [-0.3, -0.25) is 14.5 Å². The Morgan fingerprint density at radius 2 is 1.66 bits per heavy atom. The van der Waals surface area contributed by atoms with Crippen LogP contribution in [-0.4, -0.2) is 74.0 Å². The Labute approximate surface area is 191 Å². The molecule has 2 amide bonds. The number of piperazine rings is 1. The van der Waals surface area contributed by atoms with Crippen LogP contribution in [-0.2, 0) is 16.0 Å². The van der Waals surface area contributed by atoms with Crippen LogP contribution in [0.4, 0.5) is 5.69 Å². The first-order chi connectivity index (χ1) is 15.6. The predicted molar refractivity (Wildman–Crippen MR) is 128 cm³/mol. The van der Waals surface area contributed by atoms with Gasteiger partial charge in [0.25, 0.3) is 0 Å². The Morgan fingerprint density at radius 1 is 0.938 bits per heavy atom. The molecule has 2 fully saturated rings. The van der Waals surface area contributed by atoms with Gasteiger partial charge < -0.3 is 15.1 Å². The Kier molecular flexibility index (Phi) is 7.43. The van der Waals surface area contributed by atoms with Crippen LogP contribution in [0.15, 0.2) is 54.6 Å². The summed E-state index contributed by atoms with van der Waals surface area (Å²) in [6.07, 6.45) is 1.55. The van der Waals surface area contributed by atoms with Crippen LogP contribution in [0, 0.1) is 12.8 Å². The molecule has 2 aromatic carbocycles. The highest BCUT2D eigenvalue weighted by Crippen LogP contribution is 2.22. The van der Waals surface area contributed by atoms with Crippen LogP contribution >= 0.6 is 0 Å². The molecule has 1 N–H and O–H groups in total. The van der Waals surface area contributed by atoms with Crippen LogP contribution in [0.2, 0.25) is 0 Å². The summed E-state index contributed by atoms with van der Waals surface area (Å²) in [5.41, 5.74) is 3.52. The van der Waals surface area contributed by atoms with E-state index in [0.717, 1.165) is 44.7 Å². The van der Waals surface area contributed by atoms with Crippen LogP contribution in [0.3, 0.4) is 0 Å². The maximum Gasteiger partial charge on any atom is 0.234 e. The number of benzene rings is 2. The van der Waals surface area contributed by atoms with E-state index in [-0.39, 0.29) is 11.8 Å². The molecular weight excluding hydrogens is 400 g/mol. The molecule has 2 aliphatic rings. The van der Waals surface area contributed by atoms with E-state index < -0.39 is 0 Å². The fraction of sp³-hybridized carbons (Fsp3) is 0.462. The van der Waals surface area contributed by atoms with Gasteiger partial charge in [-0.25, -0.2) is 0 Å². The van der Waals surface area contributed by atoms with Gasteiger partial charge in [-0.1, -0.05) is 48.0 Å². The lowest BCUT2D eigenvalue weighted by molar-refractivity contribution is -0.132. The van der Waals surface area contributed by atoms with Gasteiger partial charge in [-0.15, -0.1) is 0 Å². The molecule has 4 rings (SSSR count). The molecule has 6 nitrogen and oxygen atoms in total. The fourth-order valence-corrected chi connectivity index (χ4v) is 4.54. The Morgan fingerprint density at radius 3 is 2.38 bits per heavy atom. The van der Waals surface area contributed by atoms with Gasteiger partial charge in [0.05, 0.1) is 13.0 Å². The number of rotatable bonds is 7. The molecule has 0 aliphatic carbocycles. The molecule has 6 heteroatoms. The highest BCUT2D eigenvalue weighted by molar-refractivity contribution is 5.79. The average molecular weight is 435 g/mol. The van der Waals surface area contributed by atoms with E-state index in [9.17, 15) is 9.59 Å². The summed E-state index contributed by atoms with van der Waals surface area (Å²) in [4.78, 5) is 31.5. The van der Waals surface area contributed by atoms with Gasteiger partial charge in [0.15, 0.2) is 0 Å². The number of nitrogens with one attached hydrogen (secondary N) is 1. The number of para-hydroxylation sites is 1. The van der Waals surface area contributed by atoms with Crippen LogP contribution < -0.4 is 10.2 Å². The quantitative estimate of drug-likeness (QED) is 0.727. The molecule has 2 aliphatic heterocycles. The van der Waals surface area contributed by atoms with E-state index >= 15 is 0 Å². The highest BCUT2D eigenvalue weighted by Gasteiger charge is 2.25. The zero-order chi connectivity index (χ0) is 22.3. The number of anilines is 1. The Bertz CT molecular complexity index is 892. The van der Waals surface area contributed by atoms with Crippen LogP contribution in [0.5, 0.6) is 0 Å². The lowest BCUT2D eigenvalue weighted by atomic mass is 10.1. The lowest BCUT2D eigenvalue weighted by Crippen LogP contribution is -2.51. The largest absolute Gasteiger partial charge is 0.371 e. The van der Waals surface area contributed by atoms with Gasteiger partial charge in [0.2, 0.25) is 11.8 Å². The molecule has 0 spiro atoms.